The van der Waals surface area contributed by atoms with E-state index in [1.165, 1.54) is 19.3 Å². The van der Waals surface area contributed by atoms with E-state index in [9.17, 15) is 5.11 Å². The number of hydrogen-bond acceptors (Lipinski definition) is 3. The second-order valence-corrected chi connectivity index (χ2v) is 5.27. The van der Waals surface area contributed by atoms with Gasteiger partial charge in [-0.15, -0.1) is 0 Å². The molecule has 1 aliphatic rings. The van der Waals surface area contributed by atoms with Crippen LogP contribution in [0.15, 0.2) is 30.3 Å². The molecule has 0 heterocycles. The van der Waals surface area contributed by atoms with Crippen LogP contribution >= 0.6 is 0 Å². The van der Waals surface area contributed by atoms with Gasteiger partial charge < -0.3 is 15.6 Å². The van der Waals surface area contributed by atoms with E-state index in [0.717, 1.165) is 18.1 Å². The van der Waals surface area contributed by atoms with Crippen LogP contribution in [0.25, 0.3) is 0 Å². The molecular weight excluding hydrogens is 226 g/mol. The molecule has 1 fully saturated rings. The summed E-state index contributed by atoms with van der Waals surface area (Å²) in [5.41, 5.74) is 6.53. The maximum Gasteiger partial charge on any atom is 0.0666 e. The predicted molar refractivity (Wildman–Crippen MR) is 72.2 cm³/mol. The first-order valence-corrected chi connectivity index (χ1v) is 6.77. The van der Waals surface area contributed by atoms with Crippen molar-refractivity contribution in [2.75, 3.05) is 19.8 Å². The fourth-order valence-corrected chi connectivity index (χ4v) is 2.10. The van der Waals surface area contributed by atoms with Crippen molar-refractivity contribution in [1.82, 2.24) is 0 Å². The van der Waals surface area contributed by atoms with Crippen LogP contribution in [0.2, 0.25) is 0 Å². The van der Waals surface area contributed by atoms with Crippen molar-refractivity contribution >= 4 is 0 Å². The van der Waals surface area contributed by atoms with Crippen LogP contribution in [-0.4, -0.2) is 24.9 Å². The Balaban J connectivity index is 1.76. The Morgan fingerprint density at radius 1 is 1.22 bits per heavy atom. The van der Waals surface area contributed by atoms with Crippen LogP contribution in [0.1, 0.15) is 31.2 Å². The smallest absolute Gasteiger partial charge is 0.0666 e. The van der Waals surface area contributed by atoms with E-state index < -0.39 is 5.54 Å². The maximum absolute atomic E-state index is 9.51. The second kappa shape index (κ2) is 6.32. The molecule has 0 aromatic heterocycles. The van der Waals surface area contributed by atoms with Crippen molar-refractivity contribution in [3.8, 4) is 0 Å². The van der Waals surface area contributed by atoms with E-state index in [4.69, 9.17) is 10.5 Å². The number of aliphatic hydroxyl groups is 1. The van der Waals surface area contributed by atoms with Crippen molar-refractivity contribution in [2.45, 2.75) is 31.2 Å². The molecule has 3 N–H and O–H groups in total. The summed E-state index contributed by atoms with van der Waals surface area (Å²) < 4.78 is 5.61. The first-order chi connectivity index (χ1) is 8.74. The van der Waals surface area contributed by atoms with Gasteiger partial charge in [0.25, 0.3) is 0 Å². The van der Waals surface area contributed by atoms with Gasteiger partial charge in [-0.1, -0.05) is 43.2 Å². The monoisotopic (exact) mass is 249 g/mol. The summed E-state index contributed by atoms with van der Waals surface area (Å²) in [6.45, 7) is 1.38. The number of benzene rings is 1. The van der Waals surface area contributed by atoms with Crippen LogP contribution < -0.4 is 5.73 Å². The molecule has 3 heteroatoms. The fourth-order valence-electron chi connectivity index (χ4n) is 2.10. The minimum absolute atomic E-state index is 0.0526. The Hall–Kier alpha value is -0.900. The highest BCUT2D eigenvalue weighted by atomic mass is 16.5. The first-order valence-electron chi connectivity index (χ1n) is 6.77. The number of aliphatic hydroxyl groups excluding tert-OH is 1. The third-order valence-electron chi connectivity index (χ3n) is 3.69. The van der Waals surface area contributed by atoms with E-state index in [1.54, 1.807) is 0 Å². The van der Waals surface area contributed by atoms with Crippen molar-refractivity contribution < 1.29 is 9.84 Å². The average Bonchev–Trinajstić information content (AvgIpc) is 3.23. The molecule has 100 valence electrons. The van der Waals surface area contributed by atoms with Gasteiger partial charge in [-0.25, -0.2) is 0 Å². The Labute approximate surface area is 109 Å². The molecule has 0 saturated heterocycles. The van der Waals surface area contributed by atoms with Crippen LogP contribution in [0, 0.1) is 5.92 Å². The highest BCUT2D eigenvalue weighted by Gasteiger charge is 2.26. The molecule has 1 aromatic carbocycles. The summed E-state index contributed by atoms with van der Waals surface area (Å²) in [5, 5.41) is 9.51. The number of ether oxygens (including phenoxy) is 1. The summed E-state index contributed by atoms with van der Waals surface area (Å²) in [6, 6.07) is 9.76. The number of rotatable bonds is 8. The Morgan fingerprint density at radius 2 is 1.94 bits per heavy atom. The van der Waals surface area contributed by atoms with Gasteiger partial charge in [-0.2, -0.15) is 0 Å². The molecule has 2 rings (SSSR count). The van der Waals surface area contributed by atoms with E-state index in [0.29, 0.717) is 13.0 Å². The Kier molecular flexibility index (Phi) is 4.75. The zero-order valence-electron chi connectivity index (χ0n) is 10.8. The lowest BCUT2D eigenvalue weighted by Gasteiger charge is -2.27. The molecular formula is C15H23NO2. The zero-order chi connectivity index (χ0) is 12.8. The summed E-state index contributed by atoms with van der Waals surface area (Å²) in [6.07, 6.45) is 4.55. The standard InChI is InChI=1S/C15H23NO2/c16-15(12-17,14-4-2-1-3-5-14)9-11-18-10-8-13-6-7-13/h1-5,13,17H,6-12,16H2. The predicted octanol–water partition coefficient (Wildman–Crippen LogP) is 2.04. The molecule has 18 heavy (non-hydrogen) atoms. The lowest BCUT2D eigenvalue weighted by atomic mass is 9.89. The first kappa shape index (κ1) is 13.5. The topological polar surface area (TPSA) is 55.5 Å². The van der Waals surface area contributed by atoms with E-state index in [-0.39, 0.29) is 6.61 Å². The van der Waals surface area contributed by atoms with Crippen LogP contribution in [0.4, 0.5) is 0 Å². The number of hydrogen-bond donors (Lipinski definition) is 2. The molecule has 1 aromatic rings. The van der Waals surface area contributed by atoms with Gasteiger partial charge in [0.15, 0.2) is 0 Å². The largest absolute Gasteiger partial charge is 0.394 e. The minimum Gasteiger partial charge on any atom is -0.394 e. The molecule has 0 spiro atoms. The average molecular weight is 249 g/mol. The SMILES string of the molecule is NC(CO)(CCOCCC1CC1)c1ccccc1. The molecule has 3 nitrogen and oxygen atoms in total. The minimum atomic E-state index is -0.680. The van der Waals surface area contributed by atoms with Crippen molar-refractivity contribution in [1.29, 1.82) is 0 Å². The van der Waals surface area contributed by atoms with Gasteiger partial charge >= 0.3 is 0 Å². The van der Waals surface area contributed by atoms with Gasteiger partial charge in [0.1, 0.15) is 0 Å². The lowest BCUT2D eigenvalue weighted by Crippen LogP contribution is -2.41. The molecule has 1 aliphatic carbocycles. The molecule has 0 bridgehead atoms. The van der Waals surface area contributed by atoms with E-state index >= 15 is 0 Å². The number of nitrogens with two attached hydrogens (primary N) is 1. The molecule has 0 amide bonds. The quantitative estimate of drug-likeness (QED) is 0.693. The van der Waals surface area contributed by atoms with Gasteiger partial charge in [-0.3, -0.25) is 0 Å². The van der Waals surface area contributed by atoms with Gasteiger partial charge in [0.05, 0.1) is 12.1 Å². The molecule has 0 radical (unpaired) electrons. The molecule has 0 aliphatic heterocycles. The third-order valence-corrected chi connectivity index (χ3v) is 3.69. The van der Waals surface area contributed by atoms with Crippen molar-refractivity contribution in [3.63, 3.8) is 0 Å². The van der Waals surface area contributed by atoms with E-state index in [1.807, 2.05) is 30.3 Å². The van der Waals surface area contributed by atoms with Crippen LogP contribution in [0.3, 0.4) is 0 Å². The van der Waals surface area contributed by atoms with Gasteiger partial charge in [0.2, 0.25) is 0 Å². The molecule has 1 saturated carbocycles. The van der Waals surface area contributed by atoms with Crippen LogP contribution in [-0.2, 0) is 10.3 Å². The van der Waals surface area contributed by atoms with Crippen molar-refractivity contribution in [3.05, 3.63) is 35.9 Å². The Bertz CT molecular complexity index is 351. The molecule has 1 unspecified atom stereocenters. The van der Waals surface area contributed by atoms with E-state index in [2.05, 4.69) is 0 Å². The normalized spacial score (nSPS) is 18.6. The molecule has 1 atom stereocenters. The second-order valence-electron chi connectivity index (χ2n) is 5.27. The third kappa shape index (κ3) is 3.80. The lowest BCUT2D eigenvalue weighted by molar-refractivity contribution is 0.0907. The van der Waals surface area contributed by atoms with Gasteiger partial charge in [0, 0.05) is 13.2 Å². The maximum atomic E-state index is 9.51. The summed E-state index contributed by atoms with van der Waals surface area (Å²) in [4.78, 5) is 0. The summed E-state index contributed by atoms with van der Waals surface area (Å²) in [7, 11) is 0. The zero-order valence-corrected chi connectivity index (χ0v) is 10.8. The van der Waals surface area contributed by atoms with Crippen molar-refractivity contribution in [2.24, 2.45) is 11.7 Å². The highest BCUT2D eigenvalue weighted by Crippen LogP contribution is 2.32. The summed E-state index contributed by atoms with van der Waals surface area (Å²) >= 11 is 0. The highest BCUT2D eigenvalue weighted by molar-refractivity contribution is 5.23. The van der Waals surface area contributed by atoms with Crippen LogP contribution in [0.5, 0.6) is 0 Å². The van der Waals surface area contributed by atoms with Gasteiger partial charge in [-0.05, 0) is 24.3 Å². The Morgan fingerprint density at radius 3 is 2.56 bits per heavy atom. The summed E-state index contributed by atoms with van der Waals surface area (Å²) in [5.74, 6) is 0.902. The fraction of sp³-hybridized carbons (Fsp3) is 0.600.